The van der Waals surface area contributed by atoms with Crippen molar-refractivity contribution >= 4 is 11.4 Å². The molecule has 1 aliphatic heterocycles. The molecular weight excluding hydrogens is 248 g/mol. The smallest absolute Gasteiger partial charge is 0.124 e. The number of nitrogens with two attached hydrogens (primary N) is 1. The molecule has 1 heterocycles. The van der Waals surface area contributed by atoms with Crippen LogP contribution in [0.3, 0.4) is 0 Å². The van der Waals surface area contributed by atoms with Gasteiger partial charge in [-0.1, -0.05) is 30.3 Å². The standard InChI is InChI=1S/C17H20N2O/c1-2-20-16-9-4-3-6-14(16)12-19-11-10-13-7-5-8-15(18)17(13)19/h3-9H,2,10-12,18H2,1H3. The highest BCUT2D eigenvalue weighted by molar-refractivity contribution is 5.74. The zero-order valence-corrected chi connectivity index (χ0v) is 11.8. The highest BCUT2D eigenvalue weighted by Crippen LogP contribution is 2.35. The van der Waals surface area contributed by atoms with Crippen molar-refractivity contribution in [1.29, 1.82) is 0 Å². The van der Waals surface area contributed by atoms with E-state index in [1.165, 1.54) is 16.8 Å². The number of anilines is 2. The molecule has 0 saturated carbocycles. The number of fused-ring (bicyclic) bond motifs is 1. The summed E-state index contributed by atoms with van der Waals surface area (Å²) in [6.45, 7) is 4.57. The van der Waals surface area contributed by atoms with Gasteiger partial charge >= 0.3 is 0 Å². The van der Waals surface area contributed by atoms with Gasteiger partial charge < -0.3 is 15.4 Å². The van der Waals surface area contributed by atoms with Crippen LogP contribution in [0.5, 0.6) is 5.75 Å². The molecule has 3 rings (SSSR count). The van der Waals surface area contributed by atoms with E-state index in [2.05, 4.69) is 23.1 Å². The molecular formula is C17H20N2O. The van der Waals surface area contributed by atoms with Crippen LogP contribution >= 0.6 is 0 Å². The van der Waals surface area contributed by atoms with Crippen LogP contribution in [0.4, 0.5) is 11.4 Å². The maximum atomic E-state index is 6.14. The van der Waals surface area contributed by atoms with E-state index < -0.39 is 0 Å². The molecule has 2 aromatic carbocycles. The van der Waals surface area contributed by atoms with Gasteiger partial charge in [-0.3, -0.25) is 0 Å². The highest BCUT2D eigenvalue weighted by Gasteiger charge is 2.22. The first-order valence-corrected chi connectivity index (χ1v) is 7.12. The summed E-state index contributed by atoms with van der Waals surface area (Å²) in [5.41, 5.74) is 10.8. The highest BCUT2D eigenvalue weighted by atomic mass is 16.5. The quantitative estimate of drug-likeness (QED) is 0.865. The fourth-order valence-electron chi connectivity index (χ4n) is 2.86. The third-order valence-corrected chi connectivity index (χ3v) is 3.75. The minimum atomic E-state index is 0.690. The maximum absolute atomic E-state index is 6.14. The van der Waals surface area contributed by atoms with Gasteiger partial charge in [-0.05, 0) is 31.0 Å². The van der Waals surface area contributed by atoms with Gasteiger partial charge in [0.15, 0.2) is 0 Å². The summed E-state index contributed by atoms with van der Waals surface area (Å²) in [7, 11) is 0. The number of para-hydroxylation sites is 2. The average molecular weight is 268 g/mol. The monoisotopic (exact) mass is 268 g/mol. The summed E-state index contributed by atoms with van der Waals surface area (Å²) < 4.78 is 5.71. The summed E-state index contributed by atoms with van der Waals surface area (Å²) in [6, 6.07) is 14.4. The molecule has 104 valence electrons. The van der Waals surface area contributed by atoms with Crippen LogP contribution in [0.15, 0.2) is 42.5 Å². The molecule has 3 nitrogen and oxygen atoms in total. The van der Waals surface area contributed by atoms with Crippen molar-refractivity contribution < 1.29 is 4.74 Å². The second-order valence-electron chi connectivity index (χ2n) is 5.07. The number of benzene rings is 2. The van der Waals surface area contributed by atoms with Crippen LogP contribution in [0.1, 0.15) is 18.1 Å². The molecule has 3 heteroatoms. The van der Waals surface area contributed by atoms with E-state index in [1.54, 1.807) is 0 Å². The SMILES string of the molecule is CCOc1ccccc1CN1CCc2cccc(N)c21. The molecule has 0 fully saturated rings. The molecule has 0 bridgehead atoms. The Morgan fingerprint density at radius 3 is 2.85 bits per heavy atom. The second kappa shape index (κ2) is 5.45. The molecule has 2 N–H and O–H groups in total. The van der Waals surface area contributed by atoms with Crippen LogP contribution in [0.25, 0.3) is 0 Å². The van der Waals surface area contributed by atoms with Crippen molar-refractivity contribution in [3.8, 4) is 5.75 Å². The van der Waals surface area contributed by atoms with Crippen molar-refractivity contribution in [2.45, 2.75) is 19.9 Å². The van der Waals surface area contributed by atoms with E-state index in [0.717, 1.165) is 30.9 Å². The third kappa shape index (κ3) is 2.31. The summed E-state index contributed by atoms with van der Waals surface area (Å²) in [5, 5.41) is 0. The third-order valence-electron chi connectivity index (χ3n) is 3.75. The first kappa shape index (κ1) is 12.9. The van der Waals surface area contributed by atoms with Gasteiger partial charge in [0.25, 0.3) is 0 Å². The fraction of sp³-hybridized carbons (Fsp3) is 0.294. The first-order valence-electron chi connectivity index (χ1n) is 7.12. The number of ether oxygens (including phenoxy) is 1. The van der Waals surface area contributed by atoms with Crippen LogP contribution in [0.2, 0.25) is 0 Å². The Hall–Kier alpha value is -2.16. The van der Waals surface area contributed by atoms with E-state index >= 15 is 0 Å². The lowest BCUT2D eigenvalue weighted by Gasteiger charge is -2.22. The molecule has 0 saturated heterocycles. The summed E-state index contributed by atoms with van der Waals surface area (Å²) in [4.78, 5) is 2.35. The number of nitrogens with zero attached hydrogens (tertiary/aromatic N) is 1. The molecule has 0 atom stereocenters. The lowest BCUT2D eigenvalue weighted by molar-refractivity contribution is 0.336. The largest absolute Gasteiger partial charge is 0.494 e. The Labute approximate surface area is 120 Å². The zero-order valence-electron chi connectivity index (χ0n) is 11.8. The summed E-state index contributed by atoms with van der Waals surface area (Å²) in [5.74, 6) is 0.970. The second-order valence-corrected chi connectivity index (χ2v) is 5.07. The number of rotatable bonds is 4. The van der Waals surface area contributed by atoms with Crippen molar-refractivity contribution in [1.82, 2.24) is 0 Å². The Morgan fingerprint density at radius 1 is 1.15 bits per heavy atom. The van der Waals surface area contributed by atoms with Crippen molar-refractivity contribution in [2.24, 2.45) is 0 Å². The van der Waals surface area contributed by atoms with E-state index in [4.69, 9.17) is 10.5 Å². The van der Waals surface area contributed by atoms with E-state index in [9.17, 15) is 0 Å². The van der Waals surface area contributed by atoms with Gasteiger partial charge in [-0.25, -0.2) is 0 Å². The van der Waals surface area contributed by atoms with Gasteiger partial charge in [-0.2, -0.15) is 0 Å². The maximum Gasteiger partial charge on any atom is 0.124 e. The van der Waals surface area contributed by atoms with Crippen LogP contribution in [-0.4, -0.2) is 13.2 Å². The van der Waals surface area contributed by atoms with Gasteiger partial charge in [0.05, 0.1) is 18.0 Å². The van der Waals surface area contributed by atoms with Crippen LogP contribution < -0.4 is 15.4 Å². The van der Waals surface area contributed by atoms with E-state index in [0.29, 0.717) is 6.61 Å². The van der Waals surface area contributed by atoms with Crippen LogP contribution in [0, 0.1) is 0 Å². The summed E-state index contributed by atoms with van der Waals surface area (Å²) >= 11 is 0. The molecule has 0 amide bonds. The molecule has 0 radical (unpaired) electrons. The molecule has 2 aromatic rings. The Morgan fingerprint density at radius 2 is 2.00 bits per heavy atom. The minimum Gasteiger partial charge on any atom is -0.494 e. The van der Waals surface area contributed by atoms with Crippen molar-refractivity contribution in [2.75, 3.05) is 23.8 Å². The Kier molecular flexibility index (Phi) is 3.50. The van der Waals surface area contributed by atoms with Gasteiger partial charge in [0, 0.05) is 18.7 Å². The lowest BCUT2D eigenvalue weighted by atomic mass is 10.1. The average Bonchev–Trinajstić information content (AvgIpc) is 2.86. The molecule has 0 spiro atoms. The predicted molar refractivity (Wildman–Crippen MR) is 83.2 cm³/mol. The lowest BCUT2D eigenvalue weighted by Crippen LogP contribution is -2.21. The Bertz CT molecular complexity index is 610. The fourth-order valence-corrected chi connectivity index (χ4v) is 2.86. The van der Waals surface area contributed by atoms with Gasteiger partial charge in [0.2, 0.25) is 0 Å². The molecule has 0 aliphatic carbocycles. The molecule has 20 heavy (non-hydrogen) atoms. The summed E-state index contributed by atoms with van der Waals surface area (Å²) in [6.07, 6.45) is 1.07. The van der Waals surface area contributed by atoms with Crippen molar-refractivity contribution in [3.05, 3.63) is 53.6 Å². The molecule has 0 aromatic heterocycles. The molecule has 1 aliphatic rings. The van der Waals surface area contributed by atoms with E-state index in [-0.39, 0.29) is 0 Å². The molecule has 0 unspecified atom stereocenters. The predicted octanol–water partition coefficient (Wildman–Crippen LogP) is 3.23. The topological polar surface area (TPSA) is 38.5 Å². The zero-order chi connectivity index (χ0) is 13.9. The van der Waals surface area contributed by atoms with Gasteiger partial charge in [0.1, 0.15) is 5.75 Å². The first-order chi connectivity index (χ1) is 9.79. The minimum absolute atomic E-state index is 0.690. The number of hydrogen-bond donors (Lipinski definition) is 1. The van der Waals surface area contributed by atoms with Crippen molar-refractivity contribution in [3.63, 3.8) is 0 Å². The Balaban J connectivity index is 1.88. The number of nitrogen functional groups attached to an aromatic ring is 1. The van der Waals surface area contributed by atoms with E-state index in [1.807, 2.05) is 31.2 Å². The number of hydrogen-bond acceptors (Lipinski definition) is 3. The normalized spacial score (nSPS) is 13.3. The van der Waals surface area contributed by atoms with Gasteiger partial charge in [-0.15, -0.1) is 0 Å². The van der Waals surface area contributed by atoms with Crippen LogP contribution in [-0.2, 0) is 13.0 Å².